The average molecular weight is 319 g/mol. The number of esters is 1. The largest absolute Gasteiger partial charge is 0.459 e. The fourth-order valence-electron chi connectivity index (χ4n) is 1.95. The maximum atomic E-state index is 11.9. The third kappa shape index (κ3) is 4.34. The summed E-state index contributed by atoms with van der Waals surface area (Å²) in [5, 5.41) is 9.11. The second kappa shape index (κ2) is 6.96. The quantitative estimate of drug-likeness (QED) is 0.625. The molecule has 118 valence electrons. The summed E-state index contributed by atoms with van der Waals surface area (Å²) in [5.74, 6) is 0.836. The first-order chi connectivity index (χ1) is 10.4. The predicted molar refractivity (Wildman–Crippen MR) is 87.3 cm³/mol. The van der Waals surface area contributed by atoms with E-state index in [0.717, 1.165) is 17.9 Å². The monoisotopic (exact) mass is 319 g/mol. The molecule has 0 spiro atoms. The molecule has 0 amide bonds. The van der Waals surface area contributed by atoms with Gasteiger partial charge in [0.1, 0.15) is 11.4 Å². The first-order valence-corrected chi connectivity index (χ1v) is 8.23. The van der Waals surface area contributed by atoms with Gasteiger partial charge in [0.2, 0.25) is 0 Å². The van der Waals surface area contributed by atoms with Crippen LogP contribution < -0.4 is 0 Å². The molecule has 0 saturated heterocycles. The lowest BCUT2D eigenvalue weighted by molar-refractivity contribution is -0.151. The van der Waals surface area contributed by atoms with Gasteiger partial charge in [-0.05, 0) is 32.9 Å². The molecule has 0 bridgehead atoms. The topological polar surface area (TPSA) is 57.0 Å². The van der Waals surface area contributed by atoms with Crippen molar-refractivity contribution in [3.8, 4) is 5.69 Å². The second-order valence-corrected chi connectivity index (χ2v) is 6.74. The Kier molecular flexibility index (Phi) is 5.24. The minimum atomic E-state index is -0.473. The van der Waals surface area contributed by atoms with Crippen LogP contribution in [-0.4, -0.2) is 32.1 Å². The maximum absolute atomic E-state index is 11.9. The van der Waals surface area contributed by atoms with Gasteiger partial charge >= 0.3 is 5.97 Å². The number of nitrogens with zero attached hydrogens (tertiary/aromatic N) is 3. The third-order valence-electron chi connectivity index (χ3n) is 2.77. The van der Waals surface area contributed by atoms with E-state index in [0.29, 0.717) is 5.16 Å². The summed E-state index contributed by atoms with van der Waals surface area (Å²) in [5.41, 5.74) is 0.523. The van der Waals surface area contributed by atoms with Crippen LogP contribution in [0.25, 0.3) is 5.69 Å². The molecule has 0 saturated carbocycles. The van der Waals surface area contributed by atoms with Crippen LogP contribution in [0.4, 0.5) is 0 Å². The Hall–Kier alpha value is -1.82. The number of thioether (sulfide) groups is 1. The highest BCUT2D eigenvalue weighted by Gasteiger charge is 2.19. The number of carbonyl (C=O) groups excluding carboxylic acids is 1. The summed E-state index contributed by atoms with van der Waals surface area (Å²) in [6.07, 6.45) is 0.773. The van der Waals surface area contributed by atoms with Gasteiger partial charge in [-0.3, -0.25) is 9.36 Å². The molecule has 6 heteroatoms. The highest BCUT2D eigenvalue weighted by atomic mass is 32.2. The van der Waals surface area contributed by atoms with Crippen LogP contribution >= 0.6 is 11.8 Å². The predicted octanol–water partition coefficient (Wildman–Crippen LogP) is 3.26. The van der Waals surface area contributed by atoms with E-state index in [9.17, 15) is 4.79 Å². The number of hydrogen-bond acceptors (Lipinski definition) is 5. The number of aryl methyl sites for hydroxylation is 1. The molecule has 0 fully saturated rings. The van der Waals surface area contributed by atoms with Gasteiger partial charge < -0.3 is 4.74 Å². The lowest BCUT2D eigenvalue weighted by Crippen LogP contribution is -2.25. The number of hydrogen-bond donors (Lipinski definition) is 0. The molecule has 0 atom stereocenters. The van der Waals surface area contributed by atoms with E-state index in [-0.39, 0.29) is 11.7 Å². The molecule has 2 aromatic rings. The molecule has 5 nitrogen and oxygen atoms in total. The van der Waals surface area contributed by atoms with E-state index >= 15 is 0 Å². The van der Waals surface area contributed by atoms with Crippen molar-refractivity contribution in [2.45, 2.75) is 44.9 Å². The van der Waals surface area contributed by atoms with Crippen molar-refractivity contribution in [1.82, 2.24) is 14.8 Å². The van der Waals surface area contributed by atoms with Crippen molar-refractivity contribution < 1.29 is 9.53 Å². The number of aromatic nitrogens is 3. The molecule has 22 heavy (non-hydrogen) atoms. The van der Waals surface area contributed by atoms with Crippen molar-refractivity contribution in [2.75, 3.05) is 5.75 Å². The van der Waals surface area contributed by atoms with E-state index in [1.807, 2.05) is 62.6 Å². The second-order valence-electron chi connectivity index (χ2n) is 5.80. The molecule has 0 aliphatic heterocycles. The van der Waals surface area contributed by atoms with Gasteiger partial charge in [0.05, 0.1) is 5.75 Å². The van der Waals surface area contributed by atoms with Gasteiger partial charge in [-0.1, -0.05) is 36.9 Å². The fraction of sp³-hybridized carbons (Fsp3) is 0.438. The molecular weight excluding hydrogens is 298 g/mol. The molecule has 1 aromatic carbocycles. The summed E-state index contributed by atoms with van der Waals surface area (Å²) in [6.45, 7) is 7.61. The first kappa shape index (κ1) is 16.5. The van der Waals surface area contributed by atoms with Crippen LogP contribution in [0.1, 0.15) is 33.5 Å². The Bertz CT molecular complexity index is 633. The first-order valence-electron chi connectivity index (χ1n) is 7.25. The van der Waals surface area contributed by atoms with Crippen molar-refractivity contribution in [2.24, 2.45) is 0 Å². The number of benzene rings is 1. The van der Waals surface area contributed by atoms with Crippen LogP contribution in [0.3, 0.4) is 0 Å². The smallest absolute Gasteiger partial charge is 0.316 e. The molecule has 0 aliphatic carbocycles. The highest BCUT2D eigenvalue weighted by Crippen LogP contribution is 2.23. The van der Waals surface area contributed by atoms with Crippen LogP contribution in [0.15, 0.2) is 35.5 Å². The molecular formula is C16H21N3O2S. The summed E-state index contributed by atoms with van der Waals surface area (Å²) in [7, 11) is 0. The van der Waals surface area contributed by atoms with Crippen LogP contribution in [0.2, 0.25) is 0 Å². The SMILES string of the molecule is CCc1nnc(SCC(=O)OC(C)(C)C)n1-c1ccccc1. The highest BCUT2D eigenvalue weighted by molar-refractivity contribution is 7.99. The molecule has 1 heterocycles. The van der Waals surface area contributed by atoms with Gasteiger partial charge in [-0.2, -0.15) is 0 Å². The Labute approximate surface area is 135 Å². The van der Waals surface area contributed by atoms with Crippen molar-refractivity contribution >= 4 is 17.7 Å². The van der Waals surface area contributed by atoms with Gasteiger partial charge in [0.25, 0.3) is 0 Å². The summed E-state index contributed by atoms with van der Waals surface area (Å²) < 4.78 is 7.30. The fourth-order valence-corrected chi connectivity index (χ4v) is 2.70. The third-order valence-corrected chi connectivity index (χ3v) is 3.67. The van der Waals surface area contributed by atoms with Gasteiger partial charge in [-0.25, -0.2) is 0 Å². The summed E-state index contributed by atoms with van der Waals surface area (Å²) in [6, 6.07) is 9.90. The summed E-state index contributed by atoms with van der Waals surface area (Å²) >= 11 is 1.34. The van der Waals surface area contributed by atoms with Crippen LogP contribution in [-0.2, 0) is 16.0 Å². The van der Waals surface area contributed by atoms with Crippen LogP contribution in [0, 0.1) is 0 Å². The molecule has 0 aliphatic rings. The van der Waals surface area contributed by atoms with E-state index in [4.69, 9.17) is 4.74 Å². The minimum absolute atomic E-state index is 0.214. The van der Waals surface area contributed by atoms with Crippen molar-refractivity contribution in [3.05, 3.63) is 36.2 Å². The standard InChI is InChI=1S/C16H21N3O2S/c1-5-13-17-18-15(19(13)12-9-7-6-8-10-12)22-11-14(20)21-16(2,3)4/h6-10H,5,11H2,1-4H3. The van der Waals surface area contributed by atoms with E-state index in [1.54, 1.807) is 0 Å². The van der Waals surface area contributed by atoms with E-state index in [2.05, 4.69) is 10.2 Å². The Morgan fingerprint density at radius 1 is 1.23 bits per heavy atom. The Morgan fingerprint density at radius 3 is 2.50 bits per heavy atom. The van der Waals surface area contributed by atoms with Gasteiger partial charge in [0.15, 0.2) is 5.16 Å². The van der Waals surface area contributed by atoms with Crippen molar-refractivity contribution in [3.63, 3.8) is 0 Å². The van der Waals surface area contributed by atoms with Crippen molar-refractivity contribution in [1.29, 1.82) is 0 Å². The Balaban J connectivity index is 2.16. The normalized spacial score (nSPS) is 11.5. The van der Waals surface area contributed by atoms with E-state index < -0.39 is 5.60 Å². The molecule has 2 rings (SSSR count). The lowest BCUT2D eigenvalue weighted by Gasteiger charge is -2.19. The minimum Gasteiger partial charge on any atom is -0.459 e. The number of rotatable bonds is 5. The van der Waals surface area contributed by atoms with Gasteiger partial charge in [-0.15, -0.1) is 10.2 Å². The summed E-state index contributed by atoms with van der Waals surface area (Å²) in [4.78, 5) is 11.9. The number of ether oxygens (including phenoxy) is 1. The van der Waals surface area contributed by atoms with Crippen LogP contribution in [0.5, 0.6) is 0 Å². The maximum Gasteiger partial charge on any atom is 0.316 e. The molecule has 0 radical (unpaired) electrons. The Morgan fingerprint density at radius 2 is 1.91 bits per heavy atom. The zero-order chi connectivity index (χ0) is 16.2. The number of carbonyl (C=O) groups is 1. The zero-order valence-electron chi connectivity index (χ0n) is 13.4. The molecule has 1 aromatic heterocycles. The van der Waals surface area contributed by atoms with Gasteiger partial charge in [0, 0.05) is 12.1 Å². The lowest BCUT2D eigenvalue weighted by atomic mass is 10.2. The molecule has 0 N–H and O–H groups in total. The average Bonchev–Trinajstić information content (AvgIpc) is 2.87. The number of para-hydroxylation sites is 1. The zero-order valence-corrected chi connectivity index (χ0v) is 14.2. The molecule has 0 unspecified atom stereocenters. The van der Waals surface area contributed by atoms with E-state index in [1.165, 1.54) is 11.8 Å².